The molecule has 0 spiro atoms. The van der Waals surface area contributed by atoms with Gasteiger partial charge in [0.2, 0.25) is 0 Å². The minimum Gasteiger partial charge on any atom is -0.319 e. The number of hydrogen-bond acceptors (Lipinski definition) is 6. The van der Waals surface area contributed by atoms with E-state index in [0.29, 0.717) is 11.4 Å². The van der Waals surface area contributed by atoms with E-state index in [-0.39, 0.29) is 41.8 Å². The van der Waals surface area contributed by atoms with Crippen LogP contribution in [0, 0.1) is 0 Å². The van der Waals surface area contributed by atoms with E-state index in [2.05, 4.69) is 20.7 Å². The van der Waals surface area contributed by atoms with Crippen molar-refractivity contribution in [1.82, 2.24) is 20.1 Å². The Morgan fingerprint density at radius 1 is 1.31 bits per heavy atom. The molecule has 11 heteroatoms. The molecule has 2 aromatic heterocycles. The third kappa shape index (κ3) is 5.41. The maximum atomic E-state index is 12.2. The van der Waals surface area contributed by atoms with Crippen LogP contribution < -0.4 is 10.6 Å². The van der Waals surface area contributed by atoms with Gasteiger partial charge in [-0.3, -0.25) is 9.48 Å². The van der Waals surface area contributed by atoms with E-state index in [0.717, 1.165) is 32.2 Å². The number of pyridine rings is 1. The van der Waals surface area contributed by atoms with E-state index < -0.39 is 9.84 Å². The van der Waals surface area contributed by atoms with Crippen LogP contribution in [0.3, 0.4) is 0 Å². The summed E-state index contributed by atoms with van der Waals surface area (Å²) in [6.07, 6.45) is 6.32. The van der Waals surface area contributed by atoms with Gasteiger partial charge in [0.1, 0.15) is 0 Å². The molecular formula is C15H21Cl2N5O3S. The van der Waals surface area contributed by atoms with Crippen LogP contribution >= 0.6 is 24.8 Å². The second kappa shape index (κ2) is 9.31. The first-order chi connectivity index (χ1) is 11.4. The molecule has 144 valence electrons. The largest absolute Gasteiger partial charge is 0.319 e. The number of rotatable bonds is 4. The molecule has 3 heterocycles. The number of piperidine rings is 1. The Balaban J connectivity index is 0.00000169. The maximum Gasteiger partial charge on any atom is 0.276 e. The van der Waals surface area contributed by atoms with E-state index in [1.165, 1.54) is 18.3 Å². The first kappa shape index (κ1) is 22.4. The highest BCUT2D eigenvalue weighted by molar-refractivity contribution is 7.90. The van der Waals surface area contributed by atoms with Crippen LogP contribution in [0.5, 0.6) is 0 Å². The molecule has 1 saturated heterocycles. The zero-order chi connectivity index (χ0) is 17.2. The van der Waals surface area contributed by atoms with Crippen molar-refractivity contribution in [3.8, 4) is 0 Å². The molecule has 26 heavy (non-hydrogen) atoms. The molecule has 0 bridgehead atoms. The monoisotopic (exact) mass is 421 g/mol. The number of amides is 1. The molecule has 0 saturated carbocycles. The highest BCUT2D eigenvalue weighted by Crippen LogP contribution is 2.16. The average molecular weight is 422 g/mol. The summed E-state index contributed by atoms with van der Waals surface area (Å²) >= 11 is 0. The van der Waals surface area contributed by atoms with Crippen LogP contribution in [0.15, 0.2) is 35.6 Å². The van der Waals surface area contributed by atoms with Crippen LogP contribution in [-0.2, 0) is 9.84 Å². The SMILES string of the molecule is CS(=O)(=O)c1ccc(NC(=O)c2ccn(C3CCCNC3)n2)cn1.Cl.Cl. The highest BCUT2D eigenvalue weighted by atomic mass is 35.5. The molecule has 1 aliphatic rings. The predicted octanol–water partition coefficient (Wildman–Crippen LogP) is 1.70. The summed E-state index contributed by atoms with van der Waals surface area (Å²) in [5.41, 5.74) is 0.731. The molecule has 1 aliphatic heterocycles. The lowest BCUT2D eigenvalue weighted by atomic mass is 10.1. The third-order valence-corrected chi connectivity index (χ3v) is 4.86. The predicted molar refractivity (Wildman–Crippen MR) is 103 cm³/mol. The minimum atomic E-state index is -3.35. The van der Waals surface area contributed by atoms with E-state index in [9.17, 15) is 13.2 Å². The quantitative estimate of drug-likeness (QED) is 0.777. The highest BCUT2D eigenvalue weighted by Gasteiger charge is 2.18. The normalized spacial score (nSPS) is 16.9. The van der Waals surface area contributed by atoms with Gasteiger partial charge in [-0.2, -0.15) is 5.10 Å². The van der Waals surface area contributed by atoms with Gasteiger partial charge in [-0.1, -0.05) is 0 Å². The molecule has 3 rings (SSSR count). The van der Waals surface area contributed by atoms with E-state index >= 15 is 0 Å². The lowest BCUT2D eigenvalue weighted by molar-refractivity contribution is 0.102. The van der Waals surface area contributed by atoms with Crippen LogP contribution in [0.25, 0.3) is 0 Å². The molecule has 1 atom stereocenters. The molecule has 8 nitrogen and oxygen atoms in total. The van der Waals surface area contributed by atoms with E-state index in [1.807, 2.05) is 4.68 Å². The van der Waals surface area contributed by atoms with Crippen LogP contribution in [0.4, 0.5) is 5.69 Å². The lowest BCUT2D eigenvalue weighted by Crippen LogP contribution is -2.32. The van der Waals surface area contributed by atoms with Crippen molar-refractivity contribution in [1.29, 1.82) is 0 Å². The van der Waals surface area contributed by atoms with Gasteiger partial charge in [0.05, 0.1) is 17.9 Å². The molecular weight excluding hydrogens is 401 g/mol. The number of anilines is 1. The topological polar surface area (TPSA) is 106 Å². The molecule has 0 aliphatic carbocycles. The first-order valence-electron chi connectivity index (χ1n) is 7.67. The van der Waals surface area contributed by atoms with Gasteiger partial charge in [0.25, 0.3) is 5.91 Å². The summed E-state index contributed by atoms with van der Waals surface area (Å²) < 4.78 is 24.6. The van der Waals surface area contributed by atoms with Gasteiger partial charge in [0.15, 0.2) is 20.6 Å². The smallest absolute Gasteiger partial charge is 0.276 e. The summed E-state index contributed by atoms with van der Waals surface area (Å²) in [4.78, 5) is 16.1. The van der Waals surface area contributed by atoms with Crippen molar-refractivity contribution >= 4 is 46.2 Å². The summed E-state index contributed by atoms with van der Waals surface area (Å²) in [5.74, 6) is -0.355. The van der Waals surface area contributed by atoms with E-state index in [4.69, 9.17) is 0 Å². The Hall–Kier alpha value is -1.68. The maximum absolute atomic E-state index is 12.2. The number of sulfone groups is 1. The van der Waals surface area contributed by atoms with Gasteiger partial charge >= 0.3 is 0 Å². The van der Waals surface area contributed by atoms with Crippen molar-refractivity contribution in [2.75, 3.05) is 24.7 Å². The van der Waals surface area contributed by atoms with Crippen molar-refractivity contribution in [3.63, 3.8) is 0 Å². The van der Waals surface area contributed by atoms with Gasteiger partial charge in [0, 0.05) is 19.0 Å². The molecule has 2 N–H and O–H groups in total. The zero-order valence-corrected chi connectivity index (χ0v) is 16.5. The number of nitrogens with zero attached hydrogens (tertiary/aromatic N) is 3. The Morgan fingerprint density at radius 2 is 2.08 bits per heavy atom. The lowest BCUT2D eigenvalue weighted by Gasteiger charge is -2.22. The summed E-state index contributed by atoms with van der Waals surface area (Å²) in [5, 5.41) is 10.3. The Morgan fingerprint density at radius 3 is 2.65 bits per heavy atom. The van der Waals surface area contributed by atoms with E-state index in [1.54, 1.807) is 12.3 Å². The fraction of sp³-hybridized carbons (Fsp3) is 0.400. The number of halogens is 2. The van der Waals surface area contributed by atoms with Gasteiger partial charge in [-0.05, 0) is 37.6 Å². The minimum absolute atomic E-state index is 0. The fourth-order valence-corrected chi connectivity index (χ4v) is 3.15. The second-order valence-corrected chi connectivity index (χ2v) is 7.76. The average Bonchev–Trinajstić information content (AvgIpc) is 3.05. The molecule has 1 amide bonds. The molecule has 1 fully saturated rings. The van der Waals surface area contributed by atoms with Gasteiger partial charge in [-0.25, -0.2) is 13.4 Å². The standard InChI is InChI=1S/C15H19N5O3S.2ClH/c1-24(22,23)14-5-4-11(9-17-14)18-15(21)13-6-8-20(19-13)12-3-2-7-16-10-12;;/h4-6,8-9,12,16H,2-3,7,10H2,1H3,(H,18,21);2*1H. The van der Waals surface area contributed by atoms with Gasteiger partial charge in [-0.15, -0.1) is 24.8 Å². The molecule has 1 unspecified atom stereocenters. The number of nitrogens with one attached hydrogen (secondary N) is 2. The molecule has 0 aromatic carbocycles. The second-order valence-electron chi connectivity index (χ2n) is 5.79. The first-order valence-corrected chi connectivity index (χ1v) is 9.56. The molecule has 2 aromatic rings. The number of aromatic nitrogens is 3. The van der Waals surface area contributed by atoms with Crippen LogP contribution in [0.1, 0.15) is 29.4 Å². The molecule has 0 radical (unpaired) electrons. The zero-order valence-electron chi connectivity index (χ0n) is 14.1. The van der Waals surface area contributed by atoms with Gasteiger partial charge < -0.3 is 10.6 Å². The number of hydrogen-bond donors (Lipinski definition) is 2. The van der Waals surface area contributed by atoms with Crippen LogP contribution in [0.2, 0.25) is 0 Å². The Labute approximate surface area is 164 Å². The van der Waals surface area contributed by atoms with Crippen molar-refractivity contribution in [2.24, 2.45) is 0 Å². The summed E-state index contributed by atoms with van der Waals surface area (Å²) in [7, 11) is -3.35. The van der Waals surface area contributed by atoms with Crippen molar-refractivity contribution < 1.29 is 13.2 Å². The van der Waals surface area contributed by atoms with Crippen LogP contribution in [-0.4, -0.2) is 48.4 Å². The summed E-state index contributed by atoms with van der Waals surface area (Å²) in [6.45, 7) is 1.86. The van der Waals surface area contributed by atoms with Crippen molar-refractivity contribution in [2.45, 2.75) is 23.9 Å². The Kier molecular flexibility index (Phi) is 8.01. The number of carbonyl (C=O) groups is 1. The Bertz CT molecular complexity index is 833. The number of carbonyl (C=O) groups excluding carboxylic acids is 1. The van der Waals surface area contributed by atoms with Crippen molar-refractivity contribution in [3.05, 3.63) is 36.3 Å². The summed E-state index contributed by atoms with van der Waals surface area (Å²) in [6, 6.07) is 4.79. The fourth-order valence-electron chi connectivity index (χ4n) is 2.59. The third-order valence-electron chi connectivity index (χ3n) is 3.86.